The number of hydrogen-bond donors (Lipinski definition) is 2. The zero-order chi connectivity index (χ0) is 17.5. The molecule has 7 heteroatoms. The first kappa shape index (κ1) is 17.8. The van der Waals surface area contributed by atoms with Crippen LogP contribution in [0.5, 0.6) is 0 Å². The topological polar surface area (TPSA) is 88.5 Å². The molecule has 0 bridgehead atoms. The molecular weight excluding hydrogens is 306 g/mol. The van der Waals surface area contributed by atoms with Crippen molar-refractivity contribution in [2.24, 2.45) is 0 Å². The zero-order valence-corrected chi connectivity index (χ0v) is 14.1. The van der Waals surface area contributed by atoms with E-state index in [-0.39, 0.29) is 18.0 Å². The Morgan fingerprint density at radius 2 is 1.79 bits per heavy atom. The molecule has 0 unspecified atom stereocenters. The second kappa shape index (κ2) is 8.31. The van der Waals surface area contributed by atoms with Gasteiger partial charge in [-0.15, -0.1) is 0 Å². The van der Waals surface area contributed by atoms with Gasteiger partial charge in [-0.05, 0) is 38.1 Å². The van der Waals surface area contributed by atoms with Gasteiger partial charge in [-0.3, -0.25) is 9.69 Å². The van der Waals surface area contributed by atoms with Crippen LogP contribution in [0, 0.1) is 11.3 Å². The SMILES string of the molecule is CC(C)NC(=O)CN1CCN(C(=O)Nc2ccc(C#N)cc2)CC1. The van der Waals surface area contributed by atoms with Gasteiger partial charge in [0.25, 0.3) is 0 Å². The van der Waals surface area contributed by atoms with E-state index in [0.29, 0.717) is 44.0 Å². The molecule has 0 spiro atoms. The Balaban J connectivity index is 1.78. The Hall–Kier alpha value is -2.59. The van der Waals surface area contributed by atoms with E-state index >= 15 is 0 Å². The quantitative estimate of drug-likeness (QED) is 0.870. The van der Waals surface area contributed by atoms with Gasteiger partial charge in [-0.1, -0.05) is 0 Å². The molecule has 3 amide bonds. The fourth-order valence-corrected chi connectivity index (χ4v) is 2.51. The standard InChI is InChI=1S/C17H23N5O2/c1-13(2)19-16(23)12-21-7-9-22(10-8-21)17(24)20-15-5-3-14(11-18)4-6-15/h3-6,13H,7-10,12H2,1-2H3,(H,19,23)(H,20,24). The molecule has 1 aliphatic rings. The van der Waals surface area contributed by atoms with Crippen molar-refractivity contribution in [2.75, 3.05) is 38.0 Å². The predicted molar refractivity (Wildman–Crippen MR) is 91.5 cm³/mol. The fourth-order valence-electron chi connectivity index (χ4n) is 2.51. The minimum absolute atomic E-state index is 0.0143. The van der Waals surface area contributed by atoms with E-state index in [1.807, 2.05) is 24.8 Å². The molecule has 0 saturated carbocycles. The molecule has 1 saturated heterocycles. The highest BCUT2D eigenvalue weighted by atomic mass is 16.2. The molecular formula is C17H23N5O2. The maximum Gasteiger partial charge on any atom is 0.321 e. The molecule has 1 fully saturated rings. The molecule has 1 aromatic rings. The normalized spacial score (nSPS) is 15.0. The van der Waals surface area contributed by atoms with Gasteiger partial charge in [0.15, 0.2) is 0 Å². The summed E-state index contributed by atoms with van der Waals surface area (Å²) in [6, 6.07) is 8.77. The van der Waals surface area contributed by atoms with Gasteiger partial charge in [-0.2, -0.15) is 5.26 Å². The average Bonchev–Trinajstić information content (AvgIpc) is 2.55. The Labute approximate surface area is 142 Å². The summed E-state index contributed by atoms with van der Waals surface area (Å²) >= 11 is 0. The van der Waals surface area contributed by atoms with Gasteiger partial charge >= 0.3 is 6.03 Å². The molecule has 128 valence electrons. The maximum absolute atomic E-state index is 12.2. The molecule has 2 rings (SSSR count). The van der Waals surface area contributed by atoms with Crippen LogP contribution in [0.3, 0.4) is 0 Å². The summed E-state index contributed by atoms with van der Waals surface area (Å²) in [6.07, 6.45) is 0. The third-order valence-electron chi connectivity index (χ3n) is 3.74. The van der Waals surface area contributed by atoms with Crippen LogP contribution in [0.2, 0.25) is 0 Å². The monoisotopic (exact) mass is 329 g/mol. The number of carbonyl (C=O) groups excluding carboxylic acids is 2. The van der Waals surface area contributed by atoms with Crippen LogP contribution < -0.4 is 10.6 Å². The maximum atomic E-state index is 12.2. The zero-order valence-electron chi connectivity index (χ0n) is 14.1. The molecule has 1 heterocycles. The van der Waals surface area contributed by atoms with E-state index in [9.17, 15) is 9.59 Å². The van der Waals surface area contributed by atoms with E-state index in [1.54, 1.807) is 29.2 Å². The number of piperazine rings is 1. The molecule has 7 nitrogen and oxygen atoms in total. The number of urea groups is 1. The lowest BCUT2D eigenvalue weighted by atomic mass is 10.2. The minimum atomic E-state index is -0.161. The molecule has 1 aliphatic heterocycles. The minimum Gasteiger partial charge on any atom is -0.353 e. The van der Waals surface area contributed by atoms with Crippen molar-refractivity contribution in [1.82, 2.24) is 15.1 Å². The number of hydrogen-bond acceptors (Lipinski definition) is 4. The van der Waals surface area contributed by atoms with Crippen LogP contribution in [-0.4, -0.2) is 60.5 Å². The van der Waals surface area contributed by atoms with E-state index < -0.39 is 0 Å². The highest BCUT2D eigenvalue weighted by Crippen LogP contribution is 2.11. The fraction of sp³-hybridized carbons (Fsp3) is 0.471. The Morgan fingerprint density at radius 1 is 1.17 bits per heavy atom. The van der Waals surface area contributed by atoms with E-state index in [0.717, 1.165) is 0 Å². The third kappa shape index (κ3) is 5.25. The third-order valence-corrected chi connectivity index (χ3v) is 3.74. The second-order valence-corrected chi connectivity index (χ2v) is 6.10. The lowest BCUT2D eigenvalue weighted by Gasteiger charge is -2.34. The average molecular weight is 329 g/mol. The van der Waals surface area contributed by atoms with Crippen molar-refractivity contribution in [3.05, 3.63) is 29.8 Å². The highest BCUT2D eigenvalue weighted by molar-refractivity contribution is 5.89. The van der Waals surface area contributed by atoms with Gasteiger partial charge in [0.05, 0.1) is 18.2 Å². The first-order valence-electron chi connectivity index (χ1n) is 8.05. The first-order valence-corrected chi connectivity index (χ1v) is 8.05. The number of rotatable bonds is 4. The Kier molecular flexibility index (Phi) is 6.15. The molecule has 1 aromatic carbocycles. The largest absolute Gasteiger partial charge is 0.353 e. The number of anilines is 1. The summed E-state index contributed by atoms with van der Waals surface area (Å²) in [6.45, 7) is 6.74. The van der Waals surface area contributed by atoms with Crippen molar-refractivity contribution in [1.29, 1.82) is 5.26 Å². The van der Waals surface area contributed by atoms with Crippen molar-refractivity contribution >= 4 is 17.6 Å². The molecule has 0 aliphatic carbocycles. The van der Waals surface area contributed by atoms with Gasteiger partial charge in [0.1, 0.15) is 0 Å². The van der Waals surface area contributed by atoms with Gasteiger partial charge in [-0.25, -0.2) is 4.79 Å². The molecule has 24 heavy (non-hydrogen) atoms. The lowest BCUT2D eigenvalue weighted by molar-refractivity contribution is -0.123. The molecule has 0 aromatic heterocycles. The number of nitrogens with zero attached hydrogens (tertiary/aromatic N) is 3. The number of amides is 3. The molecule has 0 atom stereocenters. The van der Waals surface area contributed by atoms with Crippen molar-refractivity contribution in [3.63, 3.8) is 0 Å². The van der Waals surface area contributed by atoms with E-state index in [4.69, 9.17) is 5.26 Å². The van der Waals surface area contributed by atoms with Crippen LogP contribution in [0.25, 0.3) is 0 Å². The van der Waals surface area contributed by atoms with Crippen molar-refractivity contribution < 1.29 is 9.59 Å². The van der Waals surface area contributed by atoms with Gasteiger partial charge < -0.3 is 15.5 Å². The summed E-state index contributed by atoms with van der Waals surface area (Å²) in [5, 5.41) is 14.5. The summed E-state index contributed by atoms with van der Waals surface area (Å²) in [4.78, 5) is 27.8. The number of nitriles is 1. The summed E-state index contributed by atoms with van der Waals surface area (Å²) in [7, 11) is 0. The highest BCUT2D eigenvalue weighted by Gasteiger charge is 2.22. The Bertz CT molecular complexity index is 613. The summed E-state index contributed by atoms with van der Waals surface area (Å²) < 4.78 is 0. The van der Waals surface area contributed by atoms with E-state index in [1.165, 1.54) is 0 Å². The van der Waals surface area contributed by atoms with Crippen LogP contribution in [0.15, 0.2) is 24.3 Å². The van der Waals surface area contributed by atoms with Crippen molar-refractivity contribution in [3.8, 4) is 6.07 Å². The first-order chi connectivity index (χ1) is 11.5. The smallest absolute Gasteiger partial charge is 0.321 e. The lowest BCUT2D eigenvalue weighted by Crippen LogP contribution is -2.52. The van der Waals surface area contributed by atoms with Crippen LogP contribution in [0.4, 0.5) is 10.5 Å². The summed E-state index contributed by atoms with van der Waals surface area (Å²) in [5.74, 6) is 0.0143. The van der Waals surface area contributed by atoms with Crippen molar-refractivity contribution in [2.45, 2.75) is 19.9 Å². The van der Waals surface area contributed by atoms with Gasteiger partial charge in [0.2, 0.25) is 5.91 Å². The van der Waals surface area contributed by atoms with Gasteiger partial charge in [0, 0.05) is 37.9 Å². The number of carbonyl (C=O) groups is 2. The number of nitrogens with one attached hydrogen (secondary N) is 2. The van der Waals surface area contributed by atoms with Crippen LogP contribution in [-0.2, 0) is 4.79 Å². The van der Waals surface area contributed by atoms with E-state index in [2.05, 4.69) is 10.6 Å². The number of benzene rings is 1. The second-order valence-electron chi connectivity index (χ2n) is 6.10. The predicted octanol–water partition coefficient (Wildman–Crippen LogP) is 1.23. The van der Waals surface area contributed by atoms with Crippen LogP contribution in [0.1, 0.15) is 19.4 Å². The Morgan fingerprint density at radius 3 is 2.33 bits per heavy atom. The molecule has 2 N–H and O–H groups in total. The molecule has 0 radical (unpaired) electrons. The summed E-state index contributed by atoms with van der Waals surface area (Å²) in [5.41, 5.74) is 1.22. The van der Waals surface area contributed by atoms with Crippen LogP contribution >= 0.6 is 0 Å².